The molecule has 3 aromatic rings. The summed E-state index contributed by atoms with van der Waals surface area (Å²) in [6.45, 7) is 4.89. The normalized spacial score (nSPS) is 10.5. The van der Waals surface area contributed by atoms with Gasteiger partial charge in [0, 0.05) is 6.54 Å². The van der Waals surface area contributed by atoms with Crippen molar-refractivity contribution in [3.05, 3.63) is 89.4 Å². The smallest absolute Gasteiger partial charge is 0.261 e. The van der Waals surface area contributed by atoms with Gasteiger partial charge in [0.2, 0.25) is 0 Å². The zero-order chi connectivity index (χ0) is 18.4. The number of hydrogen-bond acceptors (Lipinski definition) is 3. The number of amides is 1. The first-order chi connectivity index (χ1) is 12.6. The van der Waals surface area contributed by atoms with Crippen LogP contribution in [0.2, 0.25) is 0 Å². The average molecular weight is 349 g/mol. The van der Waals surface area contributed by atoms with Crippen LogP contribution in [-0.4, -0.2) is 17.4 Å². The molecule has 0 saturated heterocycles. The number of para-hydroxylation sites is 1. The van der Waals surface area contributed by atoms with Crippen LogP contribution in [0.25, 0.3) is 0 Å². The van der Waals surface area contributed by atoms with E-state index in [2.05, 4.69) is 0 Å². The van der Waals surface area contributed by atoms with E-state index >= 15 is 0 Å². The van der Waals surface area contributed by atoms with Crippen LogP contribution in [0, 0.1) is 13.8 Å². The van der Waals surface area contributed by atoms with Crippen molar-refractivity contribution >= 4 is 5.91 Å². The SMILES string of the molecule is Cc1cccc(C)c1OCC(=O)N(Cc1ccccc1)Cc1ccco1. The molecule has 3 rings (SSSR count). The Morgan fingerprint density at radius 1 is 0.923 bits per heavy atom. The van der Waals surface area contributed by atoms with Crippen LogP contribution in [0.1, 0.15) is 22.5 Å². The fourth-order valence-electron chi connectivity index (χ4n) is 2.88. The third-order valence-electron chi connectivity index (χ3n) is 4.24. The first-order valence-electron chi connectivity index (χ1n) is 8.66. The molecular weight excluding hydrogens is 326 g/mol. The number of hydrogen-bond donors (Lipinski definition) is 0. The molecule has 1 aromatic heterocycles. The molecular formula is C22H23NO3. The van der Waals surface area contributed by atoms with Crippen LogP contribution in [0.15, 0.2) is 71.3 Å². The Morgan fingerprint density at radius 3 is 2.31 bits per heavy atom. The second-order valence-corrected chi connectivity index (χ2v) is 6.32. The van der Waals surface area contributed by atoms with Gasteiger partial charge in [-0.3, -0.25) is 4.79 Å². The molecule has 4 nitrogen and oxygen atoms in total. The summed E-state index contributed by atoms with van der Waals surface area (Å²) < 4.78 is 11.3. The van der Waals surface area contributed by atoms with E-state index in [1.54, 1.807) is 11.2 Å². The molecule has 0 radical (unpaired) electrons. The summed E-state index contributed by atoms with van der Waals surface area (Å²) in [6, 6.07) is 19.6. The molecule has 0 bridgehead atoms. The molecule has 0 fully saturated rings. The van der Waals surface area contributed by atoms with Crippen molar-refractivity contribution in [3.8, 4) is 5.75 Å². The lowest BCUT2D eigenvalue weighted by molar-refractivity contribution is -0.134. The van der Waals surface area contributed by atoms with Gasteiger partial charge in [-0.25, -0.2) is 0 Å². The largest absolute Gasteiger partial charge is 0.483 e. The molecule has 0 aliphatic heterocycles. The van der Waals surface area contributed by atoms with Gasteiger partial charge in [0.05, 0.1) is 12.8 Å². The molecule has 4 heteroatoms. The fraction of sp³-hybridized carbons (Fsp3) is 0.227. The highest BCUT2D eigenvalue weighted by molar-refractivity contribution is 5.77. The Morgan fingerprint density at radius 2 is 1.65 bits per heavy atom. The van der Waals surface area contributed by atoms with Crippen molar-refractivity contribution < 1.29 is 13.9 Å². The molecule has 0 saturated carbocycles. The van der Waals surface area contributed by atoms with E-state index in [1.807, 2.05) is 74.5 Å². The van der Waals surface area contributed by atoms with Crippen molar-refractivity contribution in [2.75, 3.05) is 6.61 Å². The van der Waals surface area contributed by atoms with Crippen LogP contribution in [0.5, 0.6) is 5.75 Å². The minimum absolute atomic E-state index is 0.000758. The summed E-state index contributed by atoms with van der Waals surface area (Å²) in [5.41, 5.74) is 3.12. The van der Waals surface area contributed by atoms with E-state index < -0.39 is 0 Å². The maximum Gasteiger partial charge on any atom is 0.261 e. The highest BCUT2D eigenvalue weighted by Gasteiger charge is 2.17. The number of benzene rings is 2. The lowest BCUT2D eigenvalue weighted by Crippen LogP contribution is -2.34. The number of nitrogens with zero attached hydrogens (tertiary/aromatic N) is 1. The van der Waals surface area contributed by atoms with Gasteiger partial charge in [-0.1, -0.05) is 48.5 Å². The molecule has 0 aliphatic carbocycles. The van der Waals surface area contributed by atoms with Gasteiger partial charge < -0.3 is 14.1 Å². The van der Waals surface area contributed by atoms with E-state index in [-0.39, 0.29) is 12.5 Å². The topological polar surface area (TPSA) is 42.7 Å². The van der Waals surface area contributed by atoms with Crippen LogP contribution in [0.4, 0.5) is 0 Å². The molecule has 1 amide bonds. The van der Waals surface area contributed by atoms with Crippen LogP contribution < -0.4 is 4.74 Å². The first kappa shape index (κ1) is 17.8. The third-order valence-corrected chi connectivity index (χ3v) is 4.24. The molecule has 0 spiro atoms. The highest BCUT2D eigenvalue weighted by atomic mass is 16.5. The first-order valence-corrected chi connectivity index (χ1v) is 8.66. The quantitative estimate of drug-likeness (QED) is 0.630. The molecule has 0 atom stereocenters. The minimum atomic E-state index is -0.0760. The van der Waals surface area contributed by atoms with Gasteiger partial charge in [0.25, 0.3) is 5.91 Å². The van der Waals surface area contributed by atoms with Gasteiger partial charge in [0.1, 0.15) is 11.5 Å². The minimum Gasteiger partial charge on any atom is -0.483 e. The predicted octanol–water partition coefficient (Wildman–Crippen LogP) is 4.50. The third kappa shape index (κ3) is 4.54. The summed E-state index contributed by atoms with van der Waals surface area (Å²) in [5.74, 6) is 1.45. The van der Waals surface area contributed by atoms with Gasteiger partial charge in [-0.05, 0) is 42.7 Å². The van der Waals surface area contributed by atoms with Crippen molar-refractivity contribution in [2.24, 2.45) is 0 Å². The summed E-state index contributed by atoms with van der Waals surface area (Å²) >= 11 is 0. The van der Waals surface area contributed by atoms with Gasteiger partial charge in [-0.2, -0.15) is 0 Å². The number of ether oxygens (including phenoxy) is 1. The lowest BCUT2D eigenvalue weighted by Gasteiger charge is -2.22. The number of furan rings is 1. The van der Waals surface area contributed by atoms with E-state index in [4.69, 9.17) is 9.15 Å². The van der Waals surface area contributed by atoms with Crippen molar-refractivity contribution in [2.45, 2.75) is 26.9 Å². The van der Waals surface area contributed by atoms with Gasteiger partial charge in [-0.15, -0.1) is 0 Å². The summed E-state index contributed by atoms with van der Waals surface area (Å²) in [6.07, 6.45) is 1.62. The van der Waals surface area contributed by atoms with E-state index in [0.717, 1.165) is 28.2 Å². The van der Waals surface area contributed by atoms with Crippen LogP contribution >= 0.6 is 0 Å². The molecule has 1 heterocycles. The number of rotatable bonds is 7. The van der Waals surface area contributed by atoms with Crippen LogP contribution in [0.3, 0.4) is 0 Å². The molecule has 134 valence electrons. The van der Waals surface area contributed by atoms with Crippen molar-refractivity contribution in [1.82, 2.24) is 4.90 Å². The van der Waals surface area contributed by atoms with Gasteiger partial charge >= 0.3 is 0 Å². The standard InChI is InChI=1S/C22H23NO3/c1-17-8-6-9-18(2)22(17)26-16-21(24)23(15-20-12-7-13-25-20)14-19-10-4-3-5-11-19/h3-13H,14-16H2,1-2H3. The van der Waals surface area contributed by atoms with E-state index in [9.17, 15) is 4.79 Å². The Hall–Kier alpha value is -3.01. The molecule has 2 aromatic carbocycles. The fourth-order valence-corrected chi connectivity index (χ4v) is 2.88. The molecule has 0 aliphatic rings. The lowest BCUT2D eigenvalue weighted by atomic mass is 10.1. The monoisotopic (exact) mass is 349 g/mol. The Labute approximate surface area is 154 Å². The second-order valence-electron chi connectivity index (χ2n) is 6.32. The number of carbonyl (C=O) groups excluding carboxylic acids is 1. The van der Waals surface area contributed by atoms with Gasteiger partial charge in [0.15, 0.2) is 6.61 Å². The summed E-state index contributed by atoms with van der Waals surface area (Å²) in [4.78, 5) is 14.6. The maximum absolute atomic E-state index is 12.8. The van der Waals surface area contributed by atoms with E-state index in [0.29, 0.717) is 13.1 Å². The van der Waals surface area contributed by atoms with Crippen LogP contribution in [-0.2, 0) is 17.9 Å². The Bertz CT molecular complexity index is 821. The molecule has 0 N–H and O–H groups in total. The summed E-state index contributed by atoms with van der Waals surface area (Å²) in [7, 11) is 0. The second kappa shape index (κ2) is 8.39. The van der Waals surface area contributed by atoms with Crippen molar-refractivity contribution in [1.29, 1.82) is 0 Å². The number of aryl methyl sites for hydroxylation is 2. The zero-order valence-corrected chi connectivity index (χ0v) is 15.1. The zero-order valence-electron chi connectivity index (χ0n) is 15.1. The maximum atomic E-state index is 12.8. The predicted molar refractivity (Wildman–Crippen MR) is 101 cm³/mol. The highest BCUT2D eigenvalue weighted by Crippen LogP contribution is 2.22. The van der Waals surface area contributed by atoms with E-state index in [1.165, 1.54) is 0 Å². The van der Waals surface area contributed by atoms with Crippen molar-refractivity contribution in [3.63, 3.8) is 0 Å². The Kier molecular flexibility index (Phi) is 5.74. The Balaban J connectivity index is 1.71. The average Bonchev–Trinajstić information content (AvgIpc) is 3.14. The summed E-state index contributed by atoms with van der Waals surface area (Å²) in [5, 5.41) is 0. The molecule has 0 unspecified atom stereocenters. The number of carbonyl (C=O) groups is 1. The molecule has 26 heavy (non-hydrogen) atoms.